The first-order chi connectivity index (χ1) is 14.1. The molecule has 8 heteroatoms. The van der Waals surface area contributed by atoms with E-state index in [1.54, 1.807) is 41.4 Å². The van der Waals surface area contributed by atoms with E-state index in [4.69, 9.17) is 9.26 Å². The van der Waals surface area contributed by atoms with Gasteiger partial charge in [-0.05, 0) is 30.5 Å². The number of aromatic nitrogens is 1. The Balaban J connectivity index is 1.38. The summed E-state index contributed by atoms with van der Waals surface area (Å²) in [5.74, 6) is 0.0100. The van der Waals surface area contributed by atoms with Crippen LogP contribution in [0.25, 0.3) is 0 Å². The van der Waals surface area contributed by atoms with E-state index in [-0.39, 0.29) is 24.0 Å². The van der Waals surface area contributed by atoms with E-state index in [1.165, 1.54) is 10.9 Å². The summed E-state index contributed by atoms with van der Waals surface area (Å²) in [4.78, 5) is 18.4. The number of nitrogens with zero attached hydrogens (tertiary/aromatic N) is 3. The van der Waals surface area contributed by atoms with E-state index >= 15 is 0 Å². The third kappa shape index (κ3) is 4.49. The average molecular weight is 415 g/mol. The minimum Gasteiger partial charge on any atom is -0.486 e. The second-order valence-electron chi connectivity index (χ2n) is 6.93. The number of hydrogen-bond donors (Lipinski definition) is 0. The monoisotopic (exact) mass is 415 g/mol. The second-order valence-corrected chi connectivity index (χ2v) is 7.96. The van der Waals surface area contributed by atoms with Crippen molar-refractivity contribution in [1.29, 1.82) is 0 Å². The number of amides is 1. The molecule has 152 valence electrons. The molecule has 0 N–H and O–H groups in total. The molecule has 0 spiro atoms. The smallest absolute Gasteiger partial charge is 0.276 e. The number of ether oxygens (including phenoxy) is 1. The van der Waals surface area contributed by atoms with Gasteiger partial charge in [-0.3, -0.25) is 9.69 Å². The molecule has 3 aromatic rings. The number of carbonyl (C=O) groups is 1. The van der Waals surface area contributed by atoms with Crippen LogP contribution in [0.15, 0.2) is 46.3 Å². The van der Waals surface area contributed by atoms with Crippen molar-refractivity contribution >= 4 is 17.2 Å². The molecular weight excluding hydrogens is 393 g/mol. The third-order valence-electron chi connectivity index (χ3n) is 5.01. The largest absolute Gasteiger partial charge is 0.486 e. The van der Waals surface area contributed by atoms with Crippen molar-refractivity contribution in [3.8, 4) is 5.75 Å². The van der Waals surface area contributed by atoms with Crippen molar-refractivity contribution in [2.75, 3.05) is 26.2 Å². The Kier molecular flexibility index (Phi) is 5.92. The van der Waals surface area contributed by atoms with Crippen molar-refractivity contribution in [3.63, 3.8) is 0 Å². The fourth-order valence-electron chi connectivity index (χ4n) is 3.32. The van der Waals surface area contributed by atoms with Crippen LogP contribution in [-0.2, 0) is 13.2 Å². The zero-order chi connectivity index (χ0) is 20.2. The van der Waals surface area contributed by atoms with Gasteiger partial charge in [0.05, 0.1) is 5.56 Å². The van der Waals surface area contributed by atoms with E-state index in [9.17, 15) is 9.18 Å². The van der Waals surface area contributed by atoms with Crippen LogP contribution in [-0.4, -0.2) is 47.0 Å². The van der Waals surface area contributed by atoms with Crippen molar-refractivity contribution in [1.82, 2.24) is 15.0 Å². The Hall–Kier alpha value is -2.71. The Labute approximate surface area is 172 Å². The summed E-state index contributed by atoms with van der Waals surface area (Å²) in [6.45, 7) is 5.53. The Morgan fingerprint density at radius 1 is 1.21 bits per heavy atom. The van der Waals surface area contributed by atoms with Gasteiger partial charge in [-0.2, -0.15) is 0 Å². The predicted molar refractivity (Wildman–Crippen MR) is 107 cm³/mol. The lowest BCUT2D eigenvalue weighted by Crippen LogP contribution is -2.48. The minimum atomic E-state index is -0.448. The molecule has 0 atom stereocenters. The standard InChI is InChI=1S/C21H22FN3O3S/c1-15-17(14-27-19-7-3-2-6-18(19)22)20(23-28-15)21(26)25-10-8-24(9-11-25)13-16-5-4-12-29-16/h2-7,12H,8-11,13-14H2,1H3. The number of rotatable bonds is 6. The highest BCUT2D eigenvalue weighted by molar-refractivity contribution is 7.09. The van der Waals surface area contributed by atoms with Crippen LogP contribution in [0.2, 0.25) is 0 Å². The van der Waals surface area contributed by atoms with Gasteiger partial charge < -0.3 is 14.2 Å². The van der Waals surface area contributed by atoms with Crippen molar-refractivity contribution in [2.45, 2.75) is 20.1 Å². The normalized spacial score (nSPS) is 14.9. The summed E-state index contributed by atoms with van der Waals surface area (Å²) in [5, 5.41) is 6.03. The number of piperazine rings is 1. The maximum absolute atomic E-state index is 13.8. The lowest BCUT2D eigenvalue weighted by atomic mass is 10.1. The predicted octanol–water partition coefficient (Wildman–Crippen LogP) is 3.72. The maximum atomic E-state index is 13.8. The molecule has 1 aliphatic rings. The molecule has 1 saturated heterocycles. The molecule has 1 aliphatic heterocycles. The van der Waals surface area contributed by atoms with Crippen molar-refractivity contribution in [2.24, 2.45) is 0 Å². The van der Waals surface area contributed by atoms with Gasteiger partial charge in [0.15, 0.2) is 17.3 Å². The number of thiophene rings is 1. The fraction of sp³-hybridized carbons (Fsp3) is 0.333. The third-order valence-corrected chi connectivity index (χ3v) is 5.88. The SMILES string of the molecule is Cc1onc(C(=O)N2CCN(Cc3cccs3)CC2)c1COc1ccccc1F. The summed E-state index contributed by atoms with van der Waals surface area (Å²) in [5.41, 5.74) is 0.796. The van der Waals surface area contributed by atoms with Gasteiger partial charge >= 0.3 is 0 Å². The fourth-order valence-corrected chi connectivity index (χ4v) is 4.07. The van der Waals surface area contributed by atoms with Crippen LogP contribution in [0.5, 0.6) is 5.75 Å². The van der Waals surface area contributed by atoms with Crippen LogP contribution >= 0.6 is 11.3 Å². The topological polar surface area (TPSA) is 58.8 Å². The summed E-state index contributed by atoms with van der Waals surface area (Å²) in [6, 6.07) is 10.4. The van der Waals surface area contributed by atoms with E-state index in [1.807, 2.05) is 0 Å². The molecule has 1 aromatic carbocycles. The Bertz CT molecular complexity index is 965. The van der Waals surface area contributed by atoms with E-state index in [0.717, 1.165) is 19.6 Å². The lowest BCUT2D eigenvalue weighted by Gasteiger charge is -2.34. The quantitative estimate of drug-likeness (QED) is 0.614. The molecule has 0 unspecified atom stereocenters. The molecule has 1 amide bonds. The van der Waals surface area contributed by atoms with Gasteiger partial charge in [-0.25, -0.2) is 4.39 Å². The first kappa shape index (κ1) is 19.6. The molecule has 3 heterocycles. The summed E-state index contributed by atoms with van der Waals surface area (Å²) in [7, 11) is 0. The van der Waals surface area contributed by atoms with Crippen LogP contribution in [0.4, 0.5) is 4.39 Å². The molecule has 0 saturated carbocycles. The van der Waals surface area contributed by atoms with Crippen LogP contribution in [0.1, 0.15) is 26.7 Å². The molecule has 4 rings (SSSR count). The van der Waals surface area contributed by atoms with E-state index in [2.05, 4.69) is 27.6 Å². The molecule has 0 radical (unpaired) electrons. The van der Waals surface area contributed by atoms with Gasteiger partial charge in [0.2, 0.25) is 0 Å². The molecule has 29 heavy (non-hydrogen) atoms. The van der Waals surface area contributed by atoms with Crippen molar-refractivity contribution in [3.05, 3.63) is 69.5 Å². The van der Waals surface area contributed by atoms with Crippen LogP contribution in [0, 0.1) is 12.7 Å². The van der Waals surface area contributed by atoms with E-state index < -0.39 is 5.82 Å². The van der Waals surface area contributed by atoms with Gasteiger partial charge in [0.1, 0.15) is 12.4 Å². The molecule has 1 fully saturated rings. The molecule has 6 nitrogen and oxygen atoms in total. The highest BCUT2D eigenvalue weighted by atomic mass is 32.1. The minimum absolute atomic E-state index is 0.0235. The highest BCUT2D eigenvalue weighted by Crippen LogP contribution is 2.22. The first-order valence-electron chi connectivity index (χ1n) is 9.48. The zero-order valence-corrected chi connectivity index (χ0v) is 17.0. The van der Waals surface area contributed by atoms with Gasteiger partial charge in [0, 0.05) is 37.6 Å². The number of aryl methyl sites for hydroxylation is 1. The number of hydrogen-bond acceptors (Lipinski definition) is 6. The van der Waals surface area contributed by atoms with Gasteiger partial charge in [-0.1, -0.05) is 23.4 Å². The second kappa shape index (κ2) is 8.75. The van der Waals surface area contributed by atoms with Gasteiger partial charge in [-0.15, -0.1) is 11.3 Å². The number of para-hydroxylation sites is 1. The highest BCUT2D eigenvalue weighted by Gasteiger charge is 2.28. The number of benzene rings is 1. The summed E-state index contributed by atoms with van der Waals surface area (Å²) in [6.07, 6.45) is 0. The Morgan fingerprint density at radius 3 is 2.72 bits per heavy atom. The van der Waals surface area contributed by atoms with Crippen molar-refractivity contribution < 1.29 is 18.4 Å². The molecular formula is C21H22FN3O3S. The zero-order valence-electron chi connectivity index (χ0n) is 16.1. The molecule has 0 bridgehead atoms. The van der Waals surface area contributed by atoms with Crippen LogP contribution < -0.4 is 4.74 Å². The number of halogens is 1. The summed E-state index contributed by atoms with van der Waals surface area (Å²) < 4.78 is 24.6. The molecule has 0 aliphatic carbocycles. The van der Waals surface area contributed by atoms with Gasteiger partial charge in [0.25, 0.3) is 5.91 Å². The summed E-state index contributed by atoms with van der Waals surface area (Å²) >= 11 is 1.74. The lowest BCUT2D eigenvalue weighted by molar-refractivity contribution is 0.0617. The maximum Gasteiger partial charge on any atom is 0.276 e. The Morgan fingerprint density at radius 2 is 2.00 bits per heavy atom. The first-order valence-corrected chi connectivity index (χ1v) is 10.4. The van der Waals surface area contributed by atoms with Crippen LogP contribution in [0.3, 0.4) is 0 Å². The number of carbonyl (C=O) groups excluding carboxylic acids is 1. The average Bonchev–Trinajstić information content (AvgIpc) is 3.37. The van der Waals surface area contributed by atoms with E-state index in [0.29, 0.717) is 24.4 Å². The molecule has 2 aromatic heterocycles.